The van der Waals surface area contributed by atoms with Gasteiger partial charge in [0.15, 0.2) is 15.0 Å². The second-order valence-corrected chi connectivity index (χ2v) is 6.30. The molecule has 0 amide bonds. The zero-order valence-corrected chi connectivity index (χ0v) is 11.5. The van der Waals surface area contributed by atoms with Crippen LogP contribution in [-0.2, 0) is 9.84 Å². The van der Waals surface area contributed by atoms with Crippen molar-refractivity contribution in [2.45, 2.75) is 11.8 Å². The molecule has 0 fully saturated rings. The Labute approximate surface area is 111 Å². The highest BCUT2D eigenvalue weighted by Crippen LogP contribution is 2.21. The smallest absolute Gasteiger partial charge is 0.175 e. The standard InChI is InChI=1S/C12H11ClN2O2S/c1-8-12(13)15-11(7-14-8)9-3-5-10(6-4-9)18(2,16)17/h3-7H,1-2H3. The molecule has 18 heavy (non-hydrogen) atoms. The molecule has 4 nitrogen and oxygen atoms in total. The van der Waals surface area contributed by atoms with Crippen LogP contribution in [0.5, 0.6) is 0 Å². The molecule has 0 N–H and O–H groups in total. The molecule has 2 aromatic rings. The molecule has 0 aliphatic carbocycles. The highest BCUT2D eigenvalue weighted by molar-refractivity contribution is 7.90. The van der Waals surface area contributed by atoms with Crippen molar-refractivity contribution >= 4 is 21.4 Å². The number of benzene rings is 1. The van der Waals surface area contributed by atoms with Crippen LogP contribution in [0.25, 0.3) is 11.3 Å². The lowest BCUT2D eigenvalue weighted by atomic mass is 10.2. The first-order valence-corrected chi connectivity index (χ1v) is 7.44. The van der Waals surface area contributed by atoms with E-state index in [1.807, 2.05) is 0 Å². The number of rotatable bonds is 2. The first-order valence-electron chi connectivity index (χ1n) is 5.17. The summed E-state index contributed by atoms with van der Waals surface area (Å²) >= 11 is 5.90. The highest BCUT2D eigenvalue weighted by Gasteiger charge is 2.08. The van der Waals surface area contributed by atoms with E-state index < -0.39 is 9.84 Å². The van der Waals surface area contributed by atoms with Gasteiger partial charge in [-0.25, -0.2) is 13.4 Å². The number of nitrogens with zero attached hydrogens (tertiary/aromatic N) is 2. The number of hydrogen-bond donors (Lipinski definition) is 0. The van der Waals surface area contributed by atoms with Crippen LogP contribution >= 0.6 is 11.6 Å². The topological polar surface area (TPSA) is 59.9 Å². The number of aromatic nitrogens is 2. The summed E-state index contributed by atoms with van der Waals surface area (Å²) in [5, 5.41) is 0.347. The third-order valence-electron chi connectivity index (χ3n) is 2.48. The molecule has 1 heterocycles. The van der Waals surface area contributed by atoms with Gasteiger partial charge >= 0.3 is 0 Å². The van der Waals surface area contributed by atoms with Crippen LogP contribution in [0.1, 0.15) is 5.69 Å². The van der Waals surface area contributed by atoms with Gasteiger partial charge < -0.3 is 0 Å². The van der Waals surface area contributed by atoms with E-state index in [4.69, 9.17) is 11.6 Å². The van der Waals surface area contributed by atoms with E-state index in [1.54, 1.807) is 37.4 Å². The quantitative estimate of drug-likeness (QED) is 0.849. The molecule has 0 radical (unpaired) electrons. The molecule has 94 valence electrons. The van der Waals surface area contributed by atoms with Crippen molar-refractivity contribution in [2.24, 2.45) is 0 Å². The summed E-state index contributed by atoms with van der Waals surface area (Å²) < 4.78 is 22.7. The Morgan fingerprint density at radius 3 is 2.28 bits per heavy atom. The summed E-state index contributed by atoms with van der Waals surface area (Å²) in [6, 6.07) is 6.46. The van der Waals surface area contributed by atoms with Crippen molar-refractivity contribution < 1.29 is 8.42 Å². The van der Waals surface area contributed by atoms with Gasteiger partial charge in [0.25, 0.3) is 0 Å². The van der Waals surface area contributed by atoms with Gasteiger partial charge in [-0.2, -0.15) is 0 Å². The van der Waals surface area contributed by atoms with Gasteiger partial charge in [-0.05, 0) is 19.1 Å². The lowest BCUT2D eigenvalue weighted by molar-refractivity contribution is 0.602. The Hall–Kier alpha value is -1.46. The molecule has 0 bridgehead atoms. The van der Waals surface area contributed by atoms with Crippen molar-refractivity contribution in [1.29, 1.82) is 0 Å². The summed E-state index contributed by atoms with van der Waals surface area (Å²) in [4.78, 5) is 8.58. The Morgan fingerprint density at radius 1 is 1.17 bits per heavy atom. The normalized spacial score (nSPS) is 11.5. The van der Waals surface area contributed by atoms with Gasteiger partial charge in [-0.1, -0.05) is 23.7 Å². The van der Waals surface area contributed by atoms with Gasteiger partial charge in [0, 0.05) is 11.8 Å². The van der Waals surface area contributed by atoms with Crippen molar-refractivity contribution in [3.8, 4) is 11.3 Å². The van der Waals surface area contributed by atoms with Crippen molar-refractivity contribution in [3.63, 3.8) is 0 Å². The zero-order valence-electron chi connectivity index (χ0n) is 9.88. The summed E-state index contributed by atoms with van der Waals surface area (Å²) in [7, 11) is -3.18. The van der Waals surface area contributed by atoms with E-state index in [2.05, 4.69) is 9.97 Å². The predicted molar refractivity (Wildman–Crippen MR) is 70.3 cm³/mol. The van der Waals surface area contributed by atoms with E-state index >= 15 is 0 Å². The third kappa shape index (κ3) is 2.68. The lowest BCUT2D eigenvalue weighted by Gasteiger charge is -2.04. The maximum atomic E-state index is 11.3. The Kier molecular flexibility index (Phi) is 3.36. The minimum atomic E-state index is -3.18. The first kappa shape index (κ1) is 13.0. The monoisotopic (exact) mass is 282 g/mol. The first-order chi connectivity index (χ1) is 8.38. The number of hydrogen-bond acceptors (Lipinski definition) is 4. The third-order valence-corrected chi connectivity index (χ3v) is 3.96. The average molecular weight is 283 g/mol. The van der Waals surface area contributed by atoms with Crippen LogP contribution in [0.3, 0.4) is 0 Å². The molecule has 0 saturated heterocycles. The van der Waals surface area contributed by atoms with Crippen LogP contribution in [0.2, 0.25) is 5.15 Å². The molecule has 0 saturated carbocycles. The molecule has 1 aromatic heterocycles. The zero-order chi connectivity index (χ0) is 13.3. The molecule has 6 heteroatoms. The average Bonchev–Trinajstić information content (AvgIpc) is 2.32. The minimum Gasteiger partial charge on any atom is -0.256 e. The second-order valence-electron chi connectivity index (χ2n) is 3.93. The summed E-state index contributed by atoms with van der Waals surface area (Å²) in [5.41, 5.74) is 2.05. The fraction of sp³-hybridized carbons (Fsp3) is 0.167. The number of aryl methyl sites for hydroxylation is 1. The Morgan fingerprint density at radius 2 is 1.78 bits per heavy atom. The molecule has 0 aliphatic rings. The maximum Gasteiger partial charge on any atom is 0.175 e. The van der Waals surface area contributed by atoms with E-state index in [1.165, 1.54) is 6.26 Å². The molecule has 0 spiro atoms. The van der Waals surface area contributed by atoms with E-state index in [-0.39, 0.29) is 4.90 Å². The van der Waals surface area contributed by atoms with Crippen molar-refractivity contribution in [1.82, 2.24) is 9.97 Å². The van der Waals surface area contributed by atoms with E-state index in [0.29, 0.717) is 16.5 Å². The Bertz CT molecular complexity index is 682. The molecular weight excluding hydrogens is 272 g/mol. The van der Waals surface area contributed by atoms with Crippen LogP contribution in [0.15, 0.2) is 35.4 Å². The van der Waals surface area contributed by atoms with Crippen LogP contribution in [0, 0.1) is 6.92 Å². The van der Waals surface area contributed by atoms with E-state index in [9.17, 15) is 8.42 Å². The summed E-state index contributed by atoms with van der Waals surface area (Å²) in [6.07, 6.45) is 2.78. The largest absolute Gasteiger partial charge is 0.256 e. The number of halogens is 1. The van der Waals surface area contributed by atoms with Gasteiger partial charge in [0.2, 0.25) is 0 Å². The van der Waals surface area contributed by atoms with Gasteiger partial charge in [-0.3, -0.25) is 4.98 Å². The summed E-state index contributed by atoms with van der Waals surface area (Å²) in [6.45, 7) is 1.77. The fourth-order valence-electron chi connectivity index (χ4n) is 1.44. The summed E-state index contributed by atoms with van der Waals surface area (Å²) in [5.74, 6) is 0. The van der Waals surface area contributed by atoms with Crippen LogP contribution in [0.4, 0.5) is 0 Å². The SMILES string of the molecule is Cc1ncc(-c2ccc(S(C)(=O)=O)cc2)nc1Cl. The molecule has 0 aliphatic heterocycles. The minimum absolute atomic E-state index is 0.275. The molecule has 0 atom stereocenters. The van der Waals surface area contributed by atoms with Crippen LogP contribution in [-0.4, -0.2) is 24.6 Å². The number of sulfone groups is 1. The maximum absolute atomic E-state index is 11.3. The van der Waals surface area contributed by atoms with E-state index in [0.717, 1.165) is 5.56 Å². The van der Waals surface area contributed by atoms with Gasteiger partial charge in [-0.15, -0.1) is 0 Å². The Balaban J connectivity index is 2.43. The van der Waals surface area contributed by atoms with Gasteiger partial charge in [0.1, 0.15) is 0 Å². The fourth-order valence-corrected chi connectivity index (χ4v) is 2.21. The molecule has 0 unspecified atom stereocenters. The second kappa shape index (κ2) is 4.66. The predicted octanol–water partition coefficient (Wildman–Crippen LogP) is 2.51. The molecule has 2 rings (SSSR count). The molecular formula is C12H11ClN2O2S. The van der Waals surface area contributed by atoms with Crippen LogP contribution < -0.4 is 0 Å². The van der Waals surface area contributed by atoms with Crippen molar-refractivity contribution in [2.75, 3.05) is 6.26 Å². The highest BCUT2D eigenvalue weighted by atomic mass is 35.5. The molecule has 1 aromatic carbocycles. The van der Waals surface area contributed by atoms with Gasteiger partial charge in [0.05, 0.1) is 22.5 Å². The van der Waals surface area contributed by atoms with Crippen molar-refractivity contribution in [3.05, 3.63) is 41.3 Å². The lowest BCUT2D eigenvalue weighted by Crippen LogP contribution is -1.97.